The average Bonchev–Trinajstić information content (AvgIpc) is 3.12. The number of carbonyl (C=O) groups excluding carboxylic acids is 1. The van der Waals surface area contributed by atoms with Crippen LogP contribution in [-0.2, 0) is 6.61 Å². The lowest BCUT2D eigenvalue weighted by atomic mass is 10.2. The summed E-state index contributed by atoms with van der Waals surface area (Å²) in [5.74, 6) is -0.258. The molecule has 0 aliphatic heterocycles. The highest BCUT2D eigenvalue weighted by molar-refractivity contribution is 7.12. The molecule has 1 aromatic heterocycles. The molecule has 138 valence electrons. The quantitative estimate of drug-likeness (QED) is 0.481. The van der Waals surface area contributed by atoms with E-state index in [1.54, 1.807) is 24.4 Å². The Bertz CT molecular complexity index is 986. The Balaban J connectivity index is 1.66. The first-order valence-corrected chi connectivity index (χ1v) is 8.82. The molecule has 1 N–H and O–H groups in total. The third-order valence-electron chi connectivity index (χ3n) is 3.69. The normalized spacial score (nSPS) is 10.4. The van der Waals surface area contributed by atoms with Crippen LogP contribution in [0, 0.1) is 22.9 Å². The number of nitrogens with one attached hydrogen (secondary N) is 1. The van der Waals surface area contributed by atoms with E-state index < -0.39 is 10.8 Å². The van der Waals surface area contributed by atoms with Gasteiger partial charge in [0.25, 0.3) is 11.6 Å². The molecule has 0 saturated heterocycles. The van der Waals surface area contributed by atoms with Gasteiger partial charge < -0.3 is 10.1 Å². The number of nitro benzene ring substituents is 1. The summed E-state index contributed by atoms with van der Waals surface area (Å²) >= 11 is 1.21. The highest BCUT2D eigenvalue weighted by Gasteiger charge is 2.18. The van der Waals surface area contributed by atoms with Gasteiger partial charge in [-0.05, 0) is 54.3 Å². The minimum atomic E-state index is -0.529. The standard InChI is InChI=1S/C19H15FN2O4S/c1-12-2-7-16(17(8-12)22(24)25)21-19(23)18-9-13(11-27-18)10-26-15-5-3-14(20)4-6-15/h2-9,11H,10H2,1H3,(H,21,23). The SMILES string of the molecule is Cc1ccc(NC(=O)c2cc(COc3ccc(F)cc3)cs2)c([N+](=O)[O-])c1. The first-order chi connectivity index (χ1) is 12.9. The molecule has 0 fully saturated rings. The molecule has 0 atom stereocenters. The van der Waals surface area contributed by atoms with Crippen LogP contribution in [0.2, 0.25) is 0 Å². The largest absolute Gasteiger partial charge is 0.489 e. The molecule has 0 unspecified atom stereocenters. The van der Waals surface area contributed by atoms with Crippen LogP contribution in [0.15, 0.2) is 53.9 Å². The van der Waals surface area contributed by atoms with Crippen molar-refractivity contribution in [2.24, 2.45) is 0 Å². The fraction of sp³-hybridized carbons (Fsp3) is 0.105. The van der Waals surface area contributed by atoms with Gasteiger partial charge in [0, 0.05) is 11.6 Å². The molecule has 0 radical (unpaired) electrons. The molecule has 6 nitrogen and oxygen atoms in total. The molecule has 27 heavy (non-hydrogen) atoms. The van der Waals surface area contributed by atoms with Gasteiger partial charge in [0.1, 0.15) is 23.9 Å². The van der Waals surface area contributed by atoms with Gasteiger partial charge in [0.05, 0.1) is 9.80 Å². The summed E-state index contributed by atoms with van der Waals surface area (Å²) in [6.45, 7) is 1.96. The van der Waals surface area contributed by atoms with E-state index >= 15 is 0 Å². The highest BCUT2D eigenvalue weighted by atomic mass is 32.1. The zero-order valence-electron chi connectivity index (χ0n) is 14.3. The maximum absolute atomic E-state index is 12.9. The van der Waals surface area contributed by atoms with Crippen molar-refractivity contribution in [2.75, 3.05) is 5.32 Å². The molecule has 3 aromatic rings. The van der Waals surface area contributed by atoms with Crippen molar-refractivity contribution >= 4 is 28.6 Å². The number of nitro groups is 1. The fourth-order valence-corrected chi connectivity index (χ4v) is 3.14. The van der Waals surface area contributed by atoms with Crippen LogP contribution in [0.4, 0.5) is 15.8 Å². The van der Waals surface area contributed by atoms with Crippen molar-refractivity contribution in [3.05, 3.63) is 85.8 Å². The number of hydrogen-bond acceptors (Lipinski definition) is 5. The van der Waals surface area contributed by atoms with Crippen molar-refractivity contribution < 1.29 is 18.8 Å². The van der Waals surface area contributed by atoms with E-state index in [9.17, 15) is 19.3 Å². The second-order valence-electron chi connectivity index (χ2n) is 5.79. The zero-order valence-corrected chi connectivity index (χ0v) is 15.1. The molecule has 0 aliphatic carbocycles. The number of carbonyl (C=O) groups is 1. The van der Waals surface area contributed by atoms with E-state index in [1.807, 2.05) is 0 Å². The lowest BCUT2D eigenvalue weighted by molar-refractivity contribution is -0.384. The highest BCUT2D eigenvalue weighted by Crippen LogP contribution is 2.27. The monoisotopic (exact) mass is 386 g/mol. The molecule has 0 bridgehead atoms. The predicted octanol–water partition coefficient (Wildman–Crippen LogP) is 4.94. The van der Waals surface area contributed by atoms with Gasteiger partial charge in [-0.25, -0.2) is 4.39 Å². The van der Waals surface area contributed by atoms with Crippen molar-refractivity contribution in [3.63, 3.8) is 0 Å². The van der Waals surface area contributed by atoms with Crippen molar-refractivity contribution in [1.82, 2.24) is 0 Å². The maximum Gasteiger partial charge on any atom is 0.293 e. The molecular weight excluding hydrogens is 371 g/mol. The minimum Gasteiger partial charge on any atom is -0.489 e. The van der Waals surface area contributed by atoms with Gasteiger partial charge in [-0.1, -0.05) is 6.07 Å². The summed E-state index contributed by atoms with van der Waals surface area (Å²) in [6, 6.07) is 11.9. The fourth-order valence-electron chi connectivity index (χ4n) is 2.35. The number of thiophene rings is 1. The molecule has 3 rings (SSSR count). The summed E-state index contributed by atoms with van der Waals surface area (Å²) in [7, 11) is 0. The Morgan fingerprint density at radius 2 is 1.96 bits per heavy atom. The Morgan fingerprint density at radius 3 is 2.67 bits per heavy atom. The Kier molecular flexibility index (Phi) is 5.46. The third kappa shape index (κ3) is 4.68. The van der Waals surface area contributed by atoms with E-state index in [0.29, 0.717) is 10.6 Å². The van der Waals surface area contributed by atoms with Gasteiger partial charge in [0.15, 0.2) is 0 Å². The molecule has 0 spiro atoms. The number of anilines is 1. The zero-order chi connectivity index (χ0) is 19.4. The Labute approximate surface area is 158 Å². The maximum atomic E-state index is 12.9. The van der Waals surface area contributed by atoms with Crippen molar-refractivity contribution in [1.29, 1.82) is 0 Å². The second-order valence-corrected chi connectivity index (χ2v) is 6.70. The van der Waals surface area contributed by atoms with Crippen LogP contribution < -0.4 is 10.1 Å². The number of ether oxygens (including phenoxy) is 1. The molecular formula is C19H15FN2O4S. The number of aryl methyl sites for hydroxylation is 1. The number of nitrogens with zero attached hydrogens (tertiary/aromatic N) is 1. The lowest BCUT2D eigenvalue weighted by Gasteiger charge is -2.05. The van der Waals surface area contributed by atoms with E-state index in [2.05, 4.69) is 5.32 Å². The van der Waals surface area contributed by atoms with Gasteiger partial charge in [0.2, 0.25) is 0 Å². The summed E-state index contributed by atoms with van der Waals surface area (Å²) in [5.41, 5.74) is 1.50. The summed E-state index contributed by atoms with van der Waals surface area (Å²) in [6.07, 6.45) is 0. The molecule has 8 heteroatoms. The van der Waals surface area contributed by atoms with Crippen molar-refractivity contribution in [3.8, 4) is 5.75 Å². The molecule has 0 saturated carbocycles. The van der Waals surface area contributed by atoms with Gasteiger partial charge in [-0.15, -0.1) is 11.3 Å². The first-order valence-electron chi connectivity index (χ1n) is 7.94. The Morgan fingerprint density at radius 1 is 1.22 bits per heavy atom. The summed E-state index contributed by atoms with van der Waals surface area (Å²) < 4.78 is 18.4. The minimum absolute atomic E-state index is 0.146. The molecule has 2 aromatic carbocycles. The molecule has 0 aliphatic rings. The van der Waals surface area contributed by atoms with Gasteiger partial charge >= 0.3 is 0 Å². The van der Waals surface area contributed by atoms with Crippen LogP contribution in [0.5, 0.6) is 5.75 Å². The van der Waals surface area contributed by atoms with Crippen LogP contribution in [0.3, 0.4) is 0 Å². The van der Waals surface area contributed by atoms with E-state index in [0.717, 1.165) is 11.1 Å². The molecule has 1 heterocycles. The van der Waals surface area contributed by atoms with Crippen LogP contribution >= 0.6 is 11.3 Å². The van der Waals surface area contributed by atoms with Gasteiger partial charge in [-0.3, -0.25) is 14.9 Å². The average molecular weight is 386 g/mol. The second kappa shape index (κ2) is 7.96. The molecule has 1 amide bonds. The van der Waals surface area contributed by atoms with Gasteiger partial charge in [-0.2, -0.15) is 0 Å². The van der Waals surface area contributed by atoms with E-state index in [1.165, 1.54) is 47.7 Å². The summed E-state index contributed by atoms with van der Waals surface area (Å²) in [5, 5.41) is 15.5. The lowest BCUT2D eigenvalue weighted by Crippen LogP contribution is -2.11. The Hall–Kier alpha value is -3.26. The topological polar surface area (TPSA) is 81.5 Å². The van der Waals surface area contributed by atoms with Crippen LogP contribution in [0.25, 0.3) is 0 Å². The van der Waals surface area contributed by atoms with E-state index in [4.69, 9.17) is 4.74 Å². The number of amides is 1. The number of rotatable bonds is 6. The predicted molar refractivity (Wildman–Crippen MR) is 101 cm³/mol. The number of halogens is 1. The smallest absolute Gasteiger partial charge is 0.293 e. The number of benzene rings is 2. The third-order valence-corrected chi connectivity index (χ3v) is 4.67. The summed E-state index contributed by atoms with van der Waals surface area (Å²) in [4.78, 5) is 23.4. The van der Waals surface area contributed by atoms with Crippen LogP contribution in [-0.4, -0.2) is 10.8 Å². The van der Waals surface area contributed by atoms with Crippen molar-refractivity contribution in [2.45, 2.75) is 13.5 Å². The first kappa shape index (κ1) is 18.5. The number of hydrogen-bond donors (Lipinski definition) is 1. The van der Waals surface area contributed by atoms with E-state index in [-0.39, 0.29) is 23.8 Å². The van der Waals surface area contributed by atoms with Crippen LogP contribution in [0.1, 0.15) is 20.8 Å².